The quantitative estimate of drug-likeness (QED) is 0.837. The third-order valence-electron chi connectivity index (χ3n) is 4.57. The summed E-state index contributed by atoms with van der Waals surface area (Å²) in [6.07, 6.45) is 0.784. The van der Waals surface area contributed by atoms with Crippen LogP contribution in [-0.2, 0) is 11.2 Å². The van der Waals surface area contributed by atoms with Crippen molar-refractivity contribution in [2.45, 2.75) is 33.1 Å². The fourth-order valence-electron chi connectivity index (χ4n) is 3.24. The van der Waals surface area contributed by atoms with Crippen molar-refractivity contribution < 1.29 is 14.3 Å². The number of methoxy groups -OCH3 is 2. The molecule has 0 bridgehead atoms. The van der Waals surface area contributed by atoms with E-state index in [2.05, 4.69) is 6.92 Å². The number of amides is 1. The number of benzene rings is 1. The molecule has 0 fully saturated rings. The van der Waals surface area contributed by atoms with E-state index in [0.29, 0.717) is 0 Å². The monoisotopic (exact) mass is 291 g/mol. The first-order chi connectivity index (χ1) is 10.1. The van der Waals surface area contributed by atoms with Crippen LogP contribution in [0.15, 0.2) is 12.1 Å². The van der Waals surface area contributed by atoms with E-state index in [0.717, 1.165) is 31.0 Å². The number of nitrogens with zero attached hydrogens (tertiary/aromatic N) is 1. The standard InChI is InChI=1S/C17H25NO3/c1-6-18(7-2)17(19)14-8-12-9-15(20-4)16(21-5)10-13(12)11(14)3/h9-11,14H,6-8H2,1-5H3/t11-,14+/m0/s1. The molecule has 116 valence electrons. The molecule has 4 heteroatoms. The molecule has 2 atom stereocenters. The van der Waals surface area contributed by atoms with Crippen LogP contribution in [0.25, 0.3) is 0 Å². The van der Waals surface area contributed by atoms with Crippen molar-refractivity contribution in [3.8, 4) is 11.5 Å². The maximum atomic E-state index is 12.7. The molecular formula is C17H25NO3. The van der Waals surface area contributed by atoms with Crippen molar-refractivity contribution in [3.63, 3.8) is 0 Å². The van der Waals surface area contributed by atoms with Crippen LogP contribution in [0.4, 0.5) is 0 Å². The molecule has 0 heterocycles. The van der Waals surface area contributed by atoms with Crippen LogP contribution in [0.5, 0.6) is 11.5 Å². The Morgan fingerprint density at radius 2 is 1.76 bits per heavy atom. The Bertz CT molecular complexity index is 523. The zero-order valence-corrected chi connectivity index (χ0v) is 13.6. The second kappa shape index (κ2) is 6.37. The molecule has 4 nitrogen and oxygen atoms in total. The Balaban J connectivity index is 2.31. The Morgan fingerprint density at radius 1 is 1.19 bits per heavy atom. The minimum Gasteiger partial charge on any atom is -0.493 e. The number of carbonyl (C=O) groups excluding carboxylic acids is 1. The van der Waals surface area contributed by atoms with Gasteiger partial charge in [0.2, 0.25) is 5.91 Å². The largest absolute Gasteiger partial charge is 0.493 e. The third kappa shape index (κ3) is 2.71. The fraction of sp³-hybridized carbons (Fsp3) is 0.588. The van der Waals surface area contributed by atoms with Gasteiger partial charge in [-0.1, -0.05) is 6.92 Å². The van der Waals surface area contributed by atoms with Gasteiger partial charge in [0.1, 0.15) is 0 Å². The highest BCUT2D eigenvalue weighted by Gasteiger charge is 2.36. The molecule has 21 heavy (non-hydrogen) atoms. The van der Waals surface area contributed by atoms with E-state index in [-0.39, 0.29) is 17.7 Å². The predicted molar refractivity (Wildman–Crippen MR) is 83.1 cm³/mol. The van der Waals surface area contributed by atoms with Gasteiger partial charge in [0, 0.05) is 19.0 Å². The smallest absolute Gasteiger partial charge is 0.226 e. The Labute approximate surface area is 127 Å². The van der Waals surface area contributed by atoms with Crippen LogP contribution < -0.4 is 9.47 Å². The summed E-state index contributed by atoms with van der Waals surface area (Å²) in [6.45, 7) is 7.72. The van der Waals surface area contributed by atoms with Crippen LogP contribution in [0.1, 0.15) is 37.8 Å². The van der Waals surface area contributed by atoms with Gasteiger partial charge in [-0.05, 0) is 49.4 Å². The molecule has 1 aromatic carbocycles. The molecule has 0 N–H and O–H groups in total. The summed E-state index contributed by atoms with van der Waals surface area (Å²) >= 11 is 0. The maximum absolute atomic E-state index is 12.7. The second-order valence-corrected chi connectivity index (χ2v) is 5.52. The lowest BCUT2D eigenvalue weighted by molar-refractivity contribution is -0.135. The number of hydrogen-bond donors (Lipinski definition) is 0. The van der Waals surface area contributed by atoms with Crippen molar-refractivity contribution in [2.24, 2.45) is 5.92 Å². The van der Waals surface area contributed by atoms with Crippen molar-refractivity contribution in [2.75, 3.05) is 27.3 Å². The van der Waals surface area contributed by atoms with Crippen LogP contribution >= 0.6 is 0 Å². The lowest BCUT2D eigenvalue weighted by Gasteiger charge is -2.25. The molecule has 0 unspecified atom stereocenters. The third-order valence-corrected chi connectivity index (χ3v) is 4.57. The Hall–Kier alpha value is -1.71. The summed E-state index contributed by atoms with van der Waals surface area (Å²) in [5.74, 6) is 1.96. The number of fused-ring (bicyclic) bond motifs is 1. The Kier molecular flexibility index (Phi) is 4.76. The van der Waals surface area contributed by atoms with Gasteiger partial charge in [-0.2, -0.15) is 0 Å². The molecule has 1 aliphatic rings. The highest BCUT2D eigenvalue weighted by Crippen LogP contribution is 2.43. The van der Waals surface area contributed by atoms with E-state index in [1.54, 1.807) is 14.2 Å². The summed E-state index contributed by atoms with van der Waals surface area (Å²) in [5, 5.41) is 0. The highest BCUT2D eigenvalue weighted by molar-refractivity contribution is 5.81. The van der Waals surface area contributed by atoms with Gasteiger partial charge >= 0.3 is 0 Å². The maximum Gasteiger partial charge on any atom is 0.226 e. The minimum atomic E-state index is 0.0247. The van der Waals surface area contributed by atoms with Gasteiger partial charge in [0.25, 0.3) is 0 Å². The number of carbonyl (C=O) groups is 1. The van der Waals surface area contributed by atoms with Crippen LogP contribution in [0, 0.1) is 5.92 Å². The molecule has 1 aliphatic carbocycles. The first-order valence-corrected chi connectivity index (χ1v) is 7.60. The summed E-state index contributed by atoms with van der Waals surface area (Å²) < 4.78 is 10.7. The number of ether oxygens (including phenoxy) is 2. The first-order valence-electron chi connectivity index (χ1n) is 7.60. The van der Waals surface area contributed by atoms with Crippen molar-refractivity contribution >= 4 is 5.91 Å². The van der Waals surface area contributed by atoms with Crippen LogP contribution in [0.3, 0.4) is 0 Å². The molecule has 0 aliphatic heterocycles. The molecule has 0 radical (unpaired) electrons. The Morgan fingerprint density at radius 3 is 2.29 bits per heavy atom. The van der Waals surface area contributed by atoms with Crippen molar-refractivity contribution in [3.05, 3.63) is 23.3 Å². The molecule has 1 aromatic rings. The molecular weight excluding hydrogens is 266 g/mol. The highest BCUT2D eigenvalue weighted by atomic mass is 16.5. The summed E-state index contributed by atoms with van der Waals surface area (Å²) in [5.41, 5.74) is 2.41. The van der Waals surface area contributed by atoms with E-state index in [4.69, 9.17) is 9.47 Å². The SMILES string of the molecule is CCN(CC)C(=O)[C@@H]1Cc2cc(OC)c(OC)cc2[C@@H]1C. The lowest BCUT2D eigenvalue weighted by atomic mass is 9.93. The summed E-state index contributed by atoms with van der Waals surface area (Å²) in [7, 11) is 3.28. The predicted octanol–water partition coefficient (Wildman–Crippen LogP) is 2.85. The average molecular weight is 291 g/mol. The van der Waals surface area contributed by atoms with E-state index >= 15 is 0 Å². The lowest BCUT2D eigenvalue weighted by Crippen LogP contribution is -2.37. The zero-order valence-electron chi connectivity index (χ0n) is 13.6. The molecule has 0 spiro atoms. The normalized spacial score (nSPS) is 20.0. The molecule has 0 saturated carbocycles. The summed E-state index contributed by atoms with van der Waals surface area (Å²) in [4.78, 5) is 14.6. The first kappa shape index (κ1) is 15.7. The van der Waals surface area contributed by atoms with Gasteiger partial charge in [0.15, 0.2) is 11.5 Å². The van der Waals surface area contributed by atoms with E-state index in [1.165, 1.54) is 11.1 Å². The zero-order chi connectivity index (χ0) is 15.6. The van der Waals surface area contributed by atoms with E-state index in [9.17, 15) is 4.79 Å². The average Bonchev–Trinajstić information content (AvgIpc) is 2.83. The second-order valence-electron chi connectivity index (χ2n) is 5.52. The van der Waals surface area contributed by atoms with Gasteiger partial charge in [0.05, 0.1) is 14.2 Å². The van der Waals surface area contributed by atoms with Gasteiger partial charge < -0.3 is 14.4 Å². The molecule has 2 rings (SSSR count). The minimum absolute atomic E-state index is 0.0247. The van der Waals surface area contributed by atoms with Crippen molar-refractivity contribution in [1.82, 2.24) is 4.90 Å². The van der Waals surface area contributed by atoms with E-state index < -0.39 is 0 Å². The number of hydrogen-bond acceptors (Lipinski definition) is 3. The topological polar surface area (TPSA) is 38.8 Å². The van der Waals surface area contributed by atoms with Gasteiger partial charge in [-0.25, -0.2) is 0 Å². The molecule has 1 amide bonds. The summed E-state index contributed by atoms with van der Waals surface area (Å²) in [6, 6.07) is 4.04. The molecule has 0 saturated heterocycles. The van der Waals surface area contributed by atoms with Gasteiger partial charge in [-0.15, -0.1) is 0 Å². The number of rotatable bonds is 5. The van der Waals surface area contributed by atoms with Crippen molar-refractivity contribution in [1.29, 1.82) is 0 Å². The fourth-order valence-corrected chi connectivity index (χ4v) is 3.24. The van der Waals surface area contributed by atoms with Gasteiger partial charge in [-0.3, -0.25) is 4.79 Å². The van der Waals surface area contributed by atoms with Crippen LogP contribution in [0.2, 0.25) is 0 Å². The molecule has 0 aromatic heterocycles. The van der Waals surface area contributed by atoms with E-state index in [1.807, 2.05) is 30.9 Å². The van der Waals surface area contributed by atoms with Crippen LogP contribution in [-0.4, -0.2) is 38.1 Å².